The Balaban J connectivity index is 2.12. The molecular formula is C11H20F3N. The molecule has 0 amide bonds. The van der Waals surface area contributed by atoms with Gasteiger partial charge in [0.05, 0.1) is 0 Å². The van der Waals surface area contributed by atoms with Crippen molar-refractivity contribution in [2.75, 3.05) is 6.54 Å². The molecule has 15 heavy (non-hydrogen) atoms. The highest BCUT2D eigenvalue weighted by atomic mass is 19.4. The molecule has 0 saturated heterocycles. The van der Waals surface area contributed by atoms with E-state index in [0.717, 1.165) is 12.8 Å². The Morgan fingerprint density at radius 1 is 1.20 bits per heavy atom. The number of alkyl halides is 3. The first-order valence-corrected chi connectivity index (χ1v) is 5.77. The van der Waals surface area contributed by atoms with Gasteiger partial charge in [-0.25, -0.2) is 0 Å². The third kappa shape index (κ3) is 6.03. The Morgan fingerprint density at radius 3 is 2.33 bits per heavy atom. The molecule has 4 heteroatoms. The van der Waals surface area contributed by atoms with Gasteiger partial charge in [0.15, 0.2) is 0 Å². The minimum absolute atomic E-state index is 0.313. The lowest BCUT2D eigenvalue weighted by atomic mass is 9.95. The van der Waals surface area contributed by atoms with Gasteiger partial charge in [0.1, 0.15) is 0 Å². The van der Waals surface area contributed by atoms with Crippen molar-refractivity contribution in [1.29, 1.82) is 0 Å². The SMILES string of the molecule is CC(CNC1CCCCC1)CC(F)(F)F. The van der Waals surface area contributed by atoms with Crippen LogP contribution in [0.5, 0.6) is 0 Å². The summed E-state index contributed by atoms with van der Waals surface area (Å²) in [5.41, 5.74) is 0. The molecule has 0 radical (unpaired) electrons. The molecule has 1 nitrogen and oxygen atoms in total. The zero-order chi connectivity index (χ0) is 11.3. The van der Waals surface area contributed by atoms with Gasteiger partial charge in [-0.2, -0.15) is 13.2 Å². The smallest absolute Gasteiger partial charge is 0.314 e. The fraction of sp³-hybridized carbons (Fsp3) is 1.00. The van der Waals surface area contributed by atoms with E-state index in [-0.39, 0.29) is 5.92 Å². The first kappa shape index (κ1) is 12.8. The molecule has 1 aliphatic carbocycles. The number of rotatable bonds is 4. The molecule has 0 aromatic carbocycles. The summed E-state index contributed by atoms with van der Waals surface area (Å²) in [5, 5.41) is 3.24. The van der Waals surface area contributed by atoms with E-state index >= 15 is 0 Å². The van der Waals surface area contributed by atoms with Crippen LogP contribution < -0.4 is 5.32 Å². The second-order valence-electron chi connectivity index (χ2n) is 4.67. The Bertz CT molecular complexity index is 173. The molecule has 0 aromatic heterocycles. The molecule has 1 aliphatic rings. The van der Waals surface area contributed by atoms with E-state index in [0.29, 0.717) is 12.6 Å². The largest absolute Gasteiger partial charge is 0.389 e. The van der Waals surface area contributed by atoms with Gasteiger partial charge in [-0.1, -0.05) is 26.2 Å². The summed E-state index contributed by atoms with van der Waals surface area (Å²) >= 11 is 0. The number of hydrogen-bond donors (Lipinski definition) is 1. The Kier molecular flexibility index (Phi) is 4.90. The molecule has 1 rings (SSSR count). The van der Waals surface area contributed by atoms with Crippen molar-refractivity contribution >= 4 is 0 Å². The van der Waals surface area contributed by atoms with Crippen molar-refractivity contribution in [2.45, 2.75) is 57.7 Å². The van der Waals surface area contributed by atoms with Gasteiger partial charge in [0.25, 0.3) is 0 Å². The van der Waals surface area contributed by atoms with Gasteiger partial charge in [-0.05, 0) is 25.3 Å². The molecule has 90 valence electrons. The standard InChI is InChI=1S/C11H20F3N/c1-9(7-11(12,13)14)8-15-10-5-3-2-4-6-10/h9-10,15H,2-8H2,1H3. The van der Waals surface area contributed by atoms with Crippen LogP contribution in [-0.2, 0) is 0 Å². The van der Waals surface area contributed by atoms with Crippen LogP contribution in [0.1, 0.15) is 45.4 Å². The predicted molar refractivity (Wildman–Crippen MR) is 54.7 cm³/mol. The minimum Gasteiger partial charge on any atom is -0.314 e. The van der Waals surface area contributed by atoms with Crippen LogP contribution in [0.15, 0.2) is 0 Å². The van der Waals surface area contributed by atoms with Gasteiger partial charge in [0, 0.05) is 12.5 Å². The van der Waals surface area contributed by atoms with Crippen LogP contribution in [0.25, 0.3) is 0 Å². The molecule has 1 atom stereocenters. The summed E-state index contributed by atoms with van der Waals surface area (Å²) in [4.78, 5) is 0. The van der Waals surface area contributed by atoms with E-state index in [4.69, 9.17) is 0 Å². The molecule has 0 aliphatic heterocycles. The third-order valence-electron chi connectivity index (χ3n) is 2.94. The van der Waals surface area contributed by atoms with E-state index in [1.54, 1.807) is 6.92 Å². The first-order chi connectivity index (χ1) is 6.97. The van der Waals surface area contributed by atoms with Crippen LogP contribution in [0, 0.1) is 5.92 Å². The lowest BCUT2D eigenvalue weighted by Crippen LogP contribution is -2.35. The van der Waals surface area contributed by atoms with Gasteiger partial charge in [-0.15, -0.1) is 0 Å². The highest BCUT2D eigenvalue weighted by Gasteiger charge is 2.29. The summed E-state index contributed by atoms with van der Waals surface area (Å²) < 4.78 is 36.1. The Hall–Kier alpha value is -0.250. The summed E-state index contributed by atoms with van der Waals surface area (Å²) in [6.45, 7) is 2.15. The summed E-state index contributed by atoms with van der Waals surface area (Å²) in [6.07, 6.45) is 1.25. The highest BCUT2D eigenvalue weighted by molar-refractivity contribution is 4.73. The van der Waals surface area contributed by atoms with Crippen LogP contribution in [-0.4, -0.2) is 18.8 Å². The van der Waals surface area contributed by atoms with E-state index in [2.05, 4.69) is 5.32 Å². The van der Waals surface area contributed by atoms with Gasteiger partial charge < -0.3 is 5.32 Å². The Labute approximate surface area is 89.4 Å². The van der Waals surface area contributed by atoms with Crippen molar-refractivity contribution in [1.82, 2.24) is 5.32 Å². The van der Waals surface area contributed by atoms with Gasteiger partial charge in [-0.3, -0.25) is 0 Å². The molecule has 1 N–H and O–H groups in total. The van der Waals surface area contributed by atoms with E-state index in [1.165, 1.54) is 19.3 Å². The minimum atomic E-state index is -4.02. The molecular weight excluding hydrogens is 203 g/mol. The number of nitrogens with one attached hydrogen (secondary N) is 1. The van der Waals surface area contributed by atoms with Crippen LogP contribution >= 0.6 is 0 Å². The van der Waals surface area contributed by atoms with Gasteiger partial charge in [0.2, 0.25) is 0 Å². The summed E-state index contributed by atoms with van der Waals surface area (Å²) in [6, 6.07) is 0.453. The average Bonchev–Trinajstić information content (AvgIpc) is 2.14. The predicted octanol–water partition coefficient (Wildman–Crippen LogP) is 3.50. The maximum Gasteiger partial charge on any atom is 0.389 e. The molecule has 0 aromatic rings. The fourth-order valence-electron chi connectivity index (χ4n) is 2.14. The fourth-order valence-corrected chi connectivity index (χ4v) is 2.14. The number of halogens is 3. The average molecular weight is 223 g/mol. The first-order valence-electron chi connectivity index (χ1n) is 5.77. The quantitative estimate of drug-likeness (QED) is 0.769. The van der Waals surface area contributed by atoms with Crippen LogP contribution in [0.2, 0.25) is 0 Å². The van der Waals surface area contributed by atoms with Crippen molar-refractivity contribution in [3.8, 4) is 0 Å². The lowest BCUT2D eigenvalue weighted by molar-refractivity contribution is -0.143. The number of hydrogen-bond acceptors (Lipinski definition) is 1. The summed E-state index contributed by atoms with van der Waals surface area (Å²) in [5.74, 6) is -0.313. The normalized spacial score (nSPS) is 21.6. The van der Waals surface area contributed by atoms with E-state index in [1.807, 2.05) is 0 Å². The maximum absolute atomic E-state index is 12.0. The molecule has 1 saturated carbocycles. The zero-order valence-electron chi connectivity index (χ0n) is 9.24. The zero-order valence-corrected chi connectivity index (χ0v) is 9.24. The van der Waals surface area contributed by atoms with E-state index < -0.39 is 12.6 Å². The second-order valence-corrected chi connectivity index (χ2v) is 4.67. The van der Waals surface area contributed by atoms with Crippen LogP contribution in [0.3, 0.4) is 0 Å². The van der Waals surface area contributed by atoms with E-state index in [9.17, 15) is 13.2 Å². The topological polar surface area (TPSA) is 12.0 Å². The molecule has 0 heterocycles. The molecule has 1 unspecified atom stereocenters. The molecule has 1 fully saturated rings. The molecule has 0 bridgehead atoms. The van der Waals surface area contributed by atoms with Crippen molar-refractivity contribution in [3.63, 3.8) is 0 Å². The third-order valence-corrected chi connectivity index (χ3v) is 2.94. The van der Waals surface area contributed by atoms with Crippen molar-refractivity contribution in [3.05, 3.63) is 0 Å². The maximum atomic E-state index is 12.0. The van der Waals surface area contributed by atoms with Gasteiger partial charge >= 0.3 is 6.18 Å². The molecule has 0 spiro atoms. The monoisotopic (exact) mass is 223 g/mol. The Morgan fingerprint density at radius 2 is 1.80 bits per heavy atom. The summed E-state index contributed by atoms with van der Waals surface area (Å²) in [7, 11) is 0. The lowest BCUT2D eigenvalue weighted by Gasteiger charge is -2.24. The van der Waals surface area contributed by atoms with Crippen LogP contribution in [0.4, 0.5) is 13.2 Å². The van der Waals surface area contributed by atoms with Crippen molar-refractivity contribution < 1.29 is 13.2 Å². The highest BCUT2D eigenvalue weighted by Crippen LogP contribution is 2.24. The second kappa shape index (κ2) is 5.73. The van der Waals surface area contributed by atoms with Crippen molar-refractivity contribution in [2.24, 2.45) is 5.92 Å².